The molecule has 4 heteroatoms. The Labute approximate surface area is 145 Å². The molecule has 1 rings (SSSR count). The lowest BCUT2D eigenvalue weighted by Gasteiger charge is -2.29. The predicted octanol–water partition coefficient (Wildman–Crippen LogP) is 4.14. The van der Waals surface area contributed by atoms with Gasteiger partial charge in [0.05, 0.1) is 6.10 Å². The van der Waals surface area contributed by atoms with Crippen LogP contribution in [0.5, 0.6) is 0 Å². The molecule has 0 saturated heterocycles. The molecule has 0 aliphatic heterocycles. The first kappa shape index (κ1) is 20.6. The van der Waals surface area contributed by atoms with E-state index < -0.39 is 12.1 Å². The normalized spacial score (nSPS) is 23.0. The van der Waals surface area contributed by atoms with Gasteiger partial charge in [-0.25, -0.2) is 0 Å². The second kappa shape index (κ2) is 11.2. The second-order valence-corrected chi connectivity index (χ2v) is 6.74. The molecule has 0 fully saturated rings. The molecule has 136 valence electrons. The van der Waals surface area contributed by atoms with Crippen molar-refractivity contribution in [1.82, 2.24) is 0 Å². The Morgan fingerprint density at radius 1 is 1.29 bits per heavy atom. The monoisotopic (exact) mass is 336 g/mol. The molecule has 0 saturated carbocycles. The van der Waals surface area contributed by atoms with Crippen molar-refractivity contribution in [2.75, 3.05) is 0 Å². The lowest BCUT2D eigenvalue weighted by atomic mass is 9.79. The van der Waals surface area contributed by atoms with Gasteiger partial charge in [0.1, 0.15) is 0 Å². The maximum absolute atomic E-state index is 12.1. The first-order chi connectivity index (χ1) is 11.5. The summed E-state index contributed by atoms with van der Waals surface area (Å²) in [6.07, 6.45) is 13.2. The van der Waals surface area contributed by atoms with Crippen LogP contribution in [0.15, 0.2) is 24.3 Å². The van der Waals surface area contributed by atoms with E-state index in [-0.39, 0.29) is 30.0 Å². The van der Waals surface area contributed by atoms with Crippen molar-refractivity contribution in [3.8, 4) is 0 Å². The highest BCUT2D eigenvalue weighted by molar-refractivity contribution is 5.94. The number of unbranched alkanes of at least 4 members (excludes halogenated alkanes) is 2. The number of carboxylic acids is 1. The summed E-state index contributed by atoms with van der Waals surface area (Å²) < 4.78 is 0. The van der Waals surface area contributed by atoms with Crippen LogP contribution in [-0.2, 0) is 9.59 Å². The predicted molar refractivity (Wildman–Crippen MR) is 95.7 cm³/mol. The van der Waals surface area contributed by atoms with Crippen molar-refractivity contribution in [2.24, 2.45) is 17.8 Å². The number of rotatable bonds is 12. The van der Waals surface area contributed by atoms with Gasteiger partial charge >= 0.3 is 5.97 Å². The lowest BCUT2D eigenvalue weighted by molar-refractivity contribution is -0.137. The third kappa shape index (κ3) is 6.60. The van der Waals surface area contributed by atoms with E-state index in [1.165, 1.54) is 0 Å². The van der Waals surface area contributed by atoms with Crippen LogP contribution in [0.2, 0.25) is 0 Å². The summed E-state index contributed by atoms with van der Waals surface area (Å²) in [4.78, 5) is 22.6. The van der Waals surface area contributed by atoms with E-state index in [4.69, 9.17) is 5.11 Å². The van der Waals surface area contributed by atoms with Crippen molar-refractivity contribution < 1.29 is 19.8 Å². The minimum absolute atomic E-state index is 0.0945. The molecule has 0 amide bonds. The van der Waals surface area contributed by atoms with E-state index in [9.17, 15) is 14.7 Å². The number of aliphatic hydroxyl groups excluding tert-OH is 1. The Morgan fingerprint density at radius 2 is 2.04 bits per heavy atom. The van der Waals surface area contributed by atoms with Gasteiger partial charge in [0, 0.05) is 18.3 Å². The molecule has 0 spiro atoms. The molecule has 0 bridgehead atoms. The number of hydrogen-bond acceptors (Lipinski definition) is 3. The fourth-order valence-corrected chi connectivity index (χ4v) is 3.41. The Balaban J connectivity index is 2.53. The molecule has 24 heavy (non-hydrogen) atoms. The molecule has 2 unspecified atom stereocenters. The molecular formula is C20H32O4. The summed E-state index contributed by atoms with van der Waals surface area (Å²) in [6, 6.07) is 0. The third-order valence-corrected chi connectivity index (χ3v) is 4.96. The highest BCUT2D eigenvalue weighted by atomic mass is 16.4. The zero-order valence-electron chi connectivity index (χ0n) is 15.0. The summed E-state index contributed by atoms with van der Waals surface area (Å²) >= 11 is 0. The van der Waals surface area contributed by atoms with E-state index in [1.54, 1.807) is 6.08 Å². The molecule has 0 aromatic carbocycles. The number of aliphatic carboxylic acids is 1. The number of carboxylic acid groups (broad SMARTS) is 1. The van der Waals surface area contributed by atoms with Crippen LogP contribution in [0.3, 0.4) is 0 Å². The maximum Gasteiger partial charge on any atom is 0.303 e. The molecule has 1 aliphatic carbocycles. The third-order valence-electron chi connectivity index (χ3n) is 4.96. The maximum atomic E-state index is 12.1. The molecule has 0 radical (unpaired) electrons. The SMILES string of the molecule is CCCCC(CC)C(O)[C@H]1C=CC(=O)[C@@H]1CC=CCCCC(=O)O. The molecule has 0 heterocycles. The average Bonchev–Trinajstić information content (AvgIpc) is 2.92. The average molecular weight is 336 g/mol. The van der Waals surface area contributed by atoms with Crippen molar-refractivity contribution in [3.63, 3.8) is 0 Å². The first-order valence-corrected chi connectivity index (χ1v) is 9.28. The molecule has 1 aliphatic rings. The summed E-state index contributed by atoms with van der Waals surface area (Å²) in [5.74, 6) is -0.707. The summed E-state index contributed by atoms with van der Waals surface area (Å²) in [5, 5.41) is 19.3. The lowest BCUT2D eigenvalue weighted by Crippen LogP contribution is -2.33. The van der Waals surface area contributed by atoms with Gasteiger partial charge in [0.15, 0.2) is 5.78 Å². The molecule has 4 nitrogen and oxygen atoms in total. The van der Waals surface area contributed by atoms with Gasteiger partial charge in [0.2, 0.25) is 0 Å². The van der Waals surface area contributed by atoms with E-state index in [0.717, 1.165) is 25.7 Å². The van der Waals surface area contributed by atoms with Gasteiger partial charge in [-0.2, -0.15) is 0 Å². The molecular weight excluding hydrogens is 304 g/mol. The highest BCUT2D eigenvalue weighted by Crippen LogP contribution is 2.34. The van der Waals surface area contributed by atoms with Gasteiger partial charge in [0.25, 0.3) is 0 Å². The largest absolute Gasteiger partial charge is 0.481 e. The van der Waals surface area contributed by atoms with Crippen molar-refractivity contribution in [2.45, 2.75) is 71.3 Å². The van der Waals surface area contributed by atoms with E-state index in [0.29, 0.717) is 19.3 Å². The topological polar surface area (TPSA) is 74.6 Å². The van der Waals surface area contributed by atoms with E-state index >= 15 is 0 Å². The van der Waals surface area contributed by atoms with Crippen LogP contribution in [0, 0.1) is 17.8 Å². The first-order valence-electron chi connectivity index (χ1n) is 9.28. The van der Waals surface area contributed by atoms with E-state index in [1.807, 2.05) is 18.2 Å². The zero-order valence-corrected chi connectivity index (χ0v) is 15.0. The van der Waals surface area contributed by atoms with Crippen LogP contribution >= 0.6 is 0 Å². The number of carbonyl (C=O) groups excluding carboxylic acids is 1. The van der Waals surface area contributed by atoms with Crippen molar-refractivity contribution in [1.29, 1.82) is 0 Å². The second-order valence-electron chi connectivity index (χ2n) is 6.74. The number of ketones is 1. The number of allylic oxidation sites excluding steroid dienone is 3. The van der Waals surface area contributed by atoms with Gasteiger partial charge in [-0.15, -0.1) is 0 Å². The smallest absolute Gasteiger partial charge is 0.303 e. The quantitative estimate of drug-likeness (QED) is 0.415. The number of hydrogen-bond donors (Lipinski definition) is 2. The van der Waals surface area contributed by atoms with Crippen LogP contribution < -0.4 is 0 Å². The minimum Gasteiger partial charge on any atom is -0.481 e. The fourth-order valence-electron chi connectivity index (χ4n) is 3.41. The van der Waals surface area contributed by atoms with E-state index in [2.05, 4.69) is 13.8 Å². The van der Waals surface area contributed by atoms with Gasteiger partial charge in [-0.1, -0.05) is 51.3 Å². The van der Waals surface area contributed by atoms with Crippen LogP contribution in [0.4, 0.5) is 0 Å². The van der Waals surface area contributed by atoms with Gasteiger partial charge in [-0.05, 0) is 37.7 Å². The van der Waals surface area contributed by atoms with Crippen LogP contribution in [0.1, 0.15) is 65.2 Å². The standard InChI is InChI=1S/C20H32O4/c1-3-5-10-15(4-2)20(24)17-13-14-18(21)16(17)11-8-6-7-9-12-19(22)23/h6,8,13-17,20,24H,3-5,7,9-12H2,1-2H3,(H,22,23)/t15?,16-,17+,20?/m1/s1. The van der Waals surface area contributed by atoms with Crippen LogP contribution in [0.25, 0.3) is 0 Å². The van der Waals surface area contributed by atoms with Crippen molar-refractivity contribution >= 4 is 11.8 Å². The minimum atomic E-state index is -0.778. The number of aliphatic hydroxyl groups is 1. The zero-order chi connectivity index (χ0) is 17.9. The van der Waals surface area contributed by atoms with Gasteiger partial charge < -0.3 is 10.2 Å². The molecule has 0 aromatic rings. The summed E-state index contributed by atoms with van der Waals surface area (Å²) in [5.41, 5.74) is 0. The fraction of sp³-hybridized carbons (Fsp3) is 0.700. The summed E-state index contributed by atoms with van der Waals surface area (Å²) in [7, 11) is 0. The highest BCUT2D eigenvalue weighted by Gasteiger charge is 2.36. The number of carbonyl (C=O) groups is 2. The van der Waals surface area contributed by atoms with Crippen LogP contribution in [-0.4, -0.2) is 28.1 Å². The Hall–Kier alpha value is -1.42. The Kier molecular flexibility index (Phi) is 9.62. The van der Waals surface area contributed by atoms with Gasteiger partial charge in [-0.3, -0.25) is 9.59 Å². The summed E-state index contributed by atoms with van der Waals surface area (Å²) in [6.45, 7) is 4.25. The Morgan fingerprint density at radius 3 is 2.67 bits per heavy atom. The molecule has 2 N–H and O–H groups in total. The molecule has 0 aromatic heterocycles. The molecule has 4 atom stereocenters. The van der Waals surface area contributed by atoms with Crippen molar-refractivity contribution in [3.05, 3.63) is 24.3 Å². The Bertz CT molecular complexity index is 453.